The van der Waals surface area contributed by atoms with Crippen LogP contribution in [0.4, 0.5) is 11.5 Å². The van der Waals surface area contributed by atoms with Crippen molar-refractivity contribution in [2.24, 2.45) is 0 Å². The van der Waals surface area contributed by atoms with Crippen LogP contribution in [0.1, 0.15) is 17.7 Å². The van der Waals surface area contributed by atoms with Crippen LogP contribution in [0.3, 0.4) is 0 Å². The summed E-state index contributed by atoms with van der Waals surface area (Å²) in [5.41, 5.74) is 3.08. The van der Waals surface area contributed by atoms with Gasteiger partial charge in [-0.3, -0.25) is 4.79 Å². The Balaban J connectivity index is 1.44. The van der Waals surface area contributed by atoms with Crippen molar-refractivity contribution in [3.05, 3.63) is 60.3 Å². The maximum atomic E-state index is 12.1. The first-order valence-electron chi connectivity index (χ1n) is 13.2. The lowest BCUT2D eigenvalue weighted by Crippen LogP contribution is -2.49. The van der Waals surface area contributed by atoms with Gasteiger partial charge in [-0.2, -0.15) is 9.97 Å². The van der Waals surface area contributed by atoms with Crippen LogP contribution in [0.15, 0.2) is 49.1 Å². The van der Waals surface area contributed by atoms with Crippen LogP contribution in [0.2, 0.25) is 0 Å². The number of amides is 1. The zero-order chi connectivity index (χ0) is 26.6. The van der Waals surface area contributed by atoms with Gasteiger partial charge in [-0.15, -0.1) is 0 Å². The molecule has 9 heteroatoms. The molecule has 3 heterocycles. The number of anilines is 2. The minimum Gasteiger partial charge on any atom is -0.508 e. The number of ether oxygens (including phenoxy) is 1. The third-order valence-corrected chi connectivity index (χ3v) is 7.23. The summed E-state index contributed by atoms with van der Waals surface area (Å²) in [7, 11) is 4.09. The molecule has 0 bridgehead atoms. The van der Waals surface area contributed by atoms with Crippen molar-refractivity contribution in [1.29, 1.82) is 0 Å². The van der Waals surface area contributed by atoms with E-state index >= 15 is 0 Å². The highest BCUT2D eigenvalue weighted by Crippen LogP contribution is 2.36. The number of carbonyl (C=O) groups excluding carboxylic acids is 1. The molecule has 1 fully saturated rings. The van der Waals surface area contributed by atoms with Gasteiger partial charge in [0.1, 0.15) is 11.6 Å². The summed E-state index contributed by atoms with van der Waals surface area (Å²) in [6, 6.07) is 12.2. The zero-order valence-electron chi connectivity index (χ0n) is 22.3. The van der Waals surface area contributed by atoms with Crippen LogP contribution in [-0.2, 0) is 17.8 Å². The molecule has 0 aliphatic carbocycles. The first kappa shape index (κ1) is 25.8. The number of aromatic hydroxyl groups is 1. The van der Waals surface area contributed by atoms with Crippen molar-refractivity contribution in [2.75, 3.05) is 69.8 Å². The van der Waals surface area contributed by atoms with Crippen LogP contribution in [0.25, 0.3) is 10.8 Å². The predicted octanol–water partition coefficient (Wildman–Crippen LogP) is 3.06. The average molecular weight is 517 g/mol. The molecule has 0 atom stereocenters. The Labute approximate surface area is 223 Å². The molecule has 1 saturated heterocycles. The standard InChI is InChI=1S/C29H36N6O3/c1-4-27(37)33-13-15-34(16-14-33)28-24-10-12-35(26-19-22(36)18-21-8-5-6-9-23(21)26)20-25(24)30-29(31-28)38-17-7-11-32(2)3/h4-6,8-9,18-19,36H,1,7,10-17,20H2,2-3H3. The summed E-state index contributed by atoms with van der Waals surface area (Å²) in [6.07, 6.45) is 3.04. The number of rotatable bonds is 8. The molecule has 9 nitrogen and oxygen atoms in total. The first-order valence-corrected chi connectivity index (χ1v) is 13.2. The van der Waals surface area contributed by atoms with E-state index in [1.807, 2.05) is 43.3 Å². The molecule has 200 valence electrons. The number of aromatic nitrogens is 2. The summed E-state index contributed by atoms with van der Waals surface area (Å²) in [5.74, 6) is 1.13. The number of phenols is 1. The number of fused-ring (bicyclic) bond motifs is 2. The molecule has 1 amide bonds. The van der Waals surface area contributed by atoms with Crippen molar-refractivity contribution < 1.29 is 14.6 Å². The second-order valence-corrected chi connectivity index (χ2v) is 10.1. The number of carbonyl (C=O) groups is 1. The van der Waals surface area contributed by atoms with Gasteiger partial charge in [0.25, 0.3) is 0 Å². The molecule has 3 aromatic rings. The number of hydrogen-bond acceptors (Lipinski definition) is 8. The fourth-order valence-corrected chi connectivity index (χ4v) is 5.27. The monoisotopic (exact) mass is 516 g/mol. The van der Waals surface area contributed by atoms with Crippen molar-refractivity contribution in [3.8, 4) is 11.8 Å². The molecule has 38 heavy (non-hydrogen) atoms. The Bertz CT molecular complexity index is 1320. The molecule has 1 N–H and O–H groups in total. The van der Waals surface area contributed by atoms with E-state index in [0.29, 0.717) is 45.3 Å². The third-order valence-electron chi connectivity index (χ3n) is 7.23. The Morgan fingerprint density at radius 3 is 2.66 bits per heavy atom. The van der Waals surface area contributed by atoms with Gasteiger partial charge >= 0.3 is 6.01 Å². The SMILES string of the molecule is C=CC(=O)N1CCN(c2nc(OCCCN(C)C)nc3c2CCN(c2cc(O)cc4ccccc24)C3)CC1. The molecule has 2 aromatic carbocycles. The van der Waals surface area contributed by atoms with Crippen molar-refractivity contribution in [3.63, 3.8) is 0 Å². The maximum absolute atomic E-state index is 12.1. The summed E-state index contributed by atoms with van der Waals surface area (Å²) < 4.78 is 6.05. The van der Waals surface area contributed by atoms with E-state index in [2.05, 4.69) is 27.3 Å². The summed E-state index contributed by atoms with van der Waals surface area (Å²) in [4.78, 5) is 30.3. The lowest BCUT2D eigenvalue weighted by molar-refractivity contribution is -0.126. The Morgan fingerprint density at radius 1 is 1.11 bits per heavy atom. The fraction of sp³-hybridized carbons (Fsp3) is 0.414. The lowest BCUT2D eigenvalue weighted by atomic mass is 10.0. The lowest BCUT2D eigenvalue weighted by Gasteiger charge is -2.38. The molecular formula is C29H36N6O3. The topological polar surface area (TPSA) is 85.3 Å². The van der Waals surface area contributed by atoms with E-state index in [9.17, 15) is 9.90 Å². The smallest absolute Gasteiger partial charge is 0.318 e. The average Bonchev–Trinajstić information content (AvgIpc) is 2.93. The van der Waals surface area contributed by atoms with Crippen LogP contribution in [-0.4, -0.2) is 90.8 Å². The highest BCUT2D eigenvalue weighted by atomic mass is 16.5. The molecule has 0 spiro atoms. The van der Waals surface area contributed by atoms with Gasteiger partial charge in [-0.25, -0.2) is 0 Å². The molecule has 0 unspecified atom stereocenters. The molecule has 0 radical (unpaired) electrons. The van der Waals surface area contributed by atoms with E-state index in [0.717, 1.165) is 59.5 Å². The maximum Gasteiger partial charge on any atom is 0.318 e. The summed E-state index contributed by atoms with van der Waals surface area (Å²) in [6.45, 7) is 9.13. The first-order chi connectivity index (χ1) is 18.4. The predicted molar refractivity (Wildman–Crippen MR) is 150 cm³/mol. The second-order valence-electron chi connectivity index (χ2n) is 10.1. The summed E-state index contributed by atoms with van der Waals surface area (Å²) >= 11 is 0. The summed E-state index contributed by atoms with van der Waals surface area (Å²) in [5, 5.41) is 12.5. The second kappa shape index (κ2) is 11.3. The number of hydrogen-bond donors (Lipinski definition) is 1. The molecule has 2 aliphatic heterocycles. The van der Waals surface area contributed by atoms with Gasteiger partial charge < -0.3 is 29.4 Å². The quantitative estimate of drug-likeness (QED) is 0.361. The largest absolute Gasteiger partial charge is 0.508 e. The van der Waals surface area contributed by atoms with Gasteiger partial charge in [0.05, 0.1) is 18.8 Å². The van der Waals surface area contributed by atoms with Crippen molar-refractivity contribution in [2.45, 2.75) is 19.4 Å². The third kappa shape index (κ3) is 5.52. The molecular weight excluding hydrogens is 480 g/mol. The number of benzene rings is 2. The number of nitrogens with zero attached hydrogens (tertiary/aromatic N) is 6. The van der Waals surface area contributed by atoms with Crippen LogP contribution >= 0.6 is 0 Å². The van der Waals surface area contributed by atoms with Crippen molar-refractivity contribution >= 4 is 28.2 Å². The van der Waals surface area contributed by atoms with Gasteiger partial charge in [0, 0.05) is 62.0 Å². The van der Waals surface area contributed by atoms with E-state index in [4.69, 9.17) is 14.7 Å². The minimum atomic E-state index is -0.0340. The normalized spacial score (nSPS) is 15.6. The molecule has 1 aromatic heterocycles. The number of phenolic OH excluding ortho intramolecular Hbond substituents is 1. The van der Waals surface area contributed by atoms with Gasteiger partial charge in [0.15, 0.2) is 0 Å². The Hall–Kier alpha value is -3.85. The van der Waals surface area contributed by atoms with Gasteiger partial charge in [-0.1, -0.05) is 30.8 Å². The minimum absolute atomic E-state index is 0.0340. The Kier molecular flexibility index (Phi) is 7.64. The van der Waals surface area contributed by atoms with Gasteiger partial charge in [-0.05, 0) is 44.5 Å². The van der Waals surface area contributed by atoms with Crippen molar-refractivity contribution in [1.82, 2.24) is 19.8 Å². The van der Waals surface area contributed by atoms with E-state index < -0.39 is 0 Å². The number of piperazine rings is 1. The van der Waals surface area contributed by atoms with E-state index in [1.165, 1.54) is 6.08 Å². The zero-order valence-corrected chi connectivity index (χ0v) is 22.3. The highest BCUT2D eigenvalue weighted by molar-refractivity contribution is 5.95. The van der Waals surface area contributed by atoms with Gasteiger partial charge in [0.2, 0.25) is 5.91 Å². The molecule has 2 aliphatic rings. The van der Waals surface area contributed by atoms with E-state index in [-0.39, 0.29) is 11.7 Å². The van der Waals surface area contributed by atoms with Crippen LogP contribution < -0.4 is 14.5 Å². The fourth-order valence-electron chi connectivity index (χ4n) is 5.27. The van der Waals surface area contributed by atoms with Crippen LogP contribution in [0, 0.1) is 0 Å². The van der Waals surface area contributed by atoms with E-state index in [1.54, 1.807) is 6.07 Å². The highest BCUT2D eigenvalue weighted by Gasteiger charge is 2.29. The molecule has 0 saturated carbocycles. The molecule has 5 rings (SSSR count). The van der Waals surface area contributed by atoms with Crippen LogP contribution in [0.5, 0.6) is 11.8 Å². The Morgan fingerprint density at radius 2 is 1.89 bits per heavy atom.